The summed E-state index contributed by atoms with van der Waals surface area (Å²) < 4.78 is 16.9. The number of allylic oxidation sites excluding steroid dienone is 1. The van der Waals surface area contributed by atoms with Crippen molar-refractivity contribution in [3.05, 3.63) is 99.2 Å². The maximum Gasteiger partial charge on any atom is 0.348 e. The molecule has 2 aromatic rings. The molecule has 1 aliphatic heterocycles. The lowest BCUT2D eigenvalue weighted by Crippen LogP contribution is -2.42. The van der Waals surface area contributed by atoms with Crippen LogP contribution in [0, 0.1) is 0 Å². The molecule has 0 aliphatic carbocycles. The van der Waals surface area contributed by atoms with E-state index in [1.807, 2.05) is 54.6 Å². The molecule has 0 bridgehead atoms. The number of benzene rings is 2. The molecule has 2 atom stereocenters. The summed E-state index contributed by atoms with van der Waals surface area (Å²) in [6.07, 6.45) is 3.89. The summed E-state index contributed by atoms with van der Waals surface area (Å²) in [6.45, 7) is 0.0773. The van der Waals surface area contributed by atoms with Gasteiger partial charge in [0.1, 0.15) is 12.4 Å². The van der Waals surface area contributed by atoms with Crippen molar-refractivity contribution in [3.63, 3.8) is 0 Å². The second-order valence-electron chi connectivity index (χ2n) is 7.60. The second-order valence-corrected chi connectivity index (χ2v) is 11.4. The number of aliphatic hydroxyl groups excluding tert-OH is 1. The van der Waals surface area contributed by atoms with E-state index in [1.165, 1.54) is 6.08 Å². The summed E-state index contributed by atoms with van der Waals surface area (Å²) >= 11 is 6.50. The monoisotopic (exact) mass is 495 g/mol. The van der Waals surface area contributed by atoms with Crippen molar-refractivity contribution >= 4 is 30.1 Å². The van der Waals surface area contributed by atoms with Crippen LogP contribution in [0.15, 0.2) is 88.0 Å². The molecule has 9 heteroatoms. The Labute approximate surface area is 195 Å². The van der Waals surface area contributed by atoms with Crippen molar-refractivity contribution in [1.82, 2.24) is 0 Å². The fourth-order valence-corrected chi connectivity index (χ4v) is 5.61. The van der Waals surface area contributed by atoms with E-state index in [0.29, 0.717) is 18.1 Å². The summed E-state index contributed by atoms with van der Waals surface area (Å²) in [5.41, 5.74) is 6.79. The molecule has 32 heavy (non-hydrogen) atoms. The van der Waals surface area contributed by atoms with Crippen molar-refractivity contribution in [2.75, 3.05) is 6.61 Å². The Balaban J connectivity index is 1.61. The molecular formula is C23H27ClNO5PS. The molecule has 1 aliphatic rings. The Kier molecular flexibility index (Phi) is 8.42. The van der Waals surface area contributed by atoms with Crippen LogP contribution in [0.25, 0.3) is 0 Å². The highest BCUT2D eigenvalue weighted by Gasteiger charge is 2.23. The number of ether oxygens (including phenoxy) is 1. The van der Waals surface area contributed by atoms with Crippen LogP contribution in [-0.2, 0) is 22.3 Å². The number of rotatable bonds is 10. The first kappa shape index (κ1) is 24.8. The Hall–Kier alpha value is -1.83. The maximum absolute atomic E-state index is 11.1. The number of hydrogen-bond acceptors (Lipinski definition) is 4. The SMILES string of the molecule is NC(C=CP(=O)(O)O)(CO)CCc1ccc([SH]2C=CC(OCc3ccccc3)=C2)cc1Cl. The van der Waals surface area contributed by atoms with Crippen molar-refractivity contribution in [1.29, 1.82) is 0 Å². The Bertz CT molecular complexity index is 1070. The molecule has 0 saturated heterocycles. The first-order valence-electron chi connectivity index (χ1n) is 9.96. The number of nitrogens with two attached hydrogens (primary N) is 1. The van der Waals surface area contributed by atoms with Gasteiger partial charge in [-0.2, -0.15) is 10.9 Å². The average Bonchev–Trinajstić information content (AvgIpc) is 3.25. The standard InChI is InChI=1S/C23H27ClNO5PS/c24-22-14-21(32-13-9-20(16-32)30-15-18-4-2-1-3-5-18)7-6-19(22)8-10-23(25,17-26)11-12-31(27,28)29/h1-7,9,11-14,16,26,32H,8,10,15,17,25H2,(H2,27,28,29). The van der Waals surface area contributed by atoms with E-state index < -0.39 is 30.6 Å². The lowest BCUT2D eigenvalue weighted by atomic mass is 9.93. The molecule has 0 saturated carbocycles. The van der Waals surface area contributed by atoms with Gasteiger partial charge in [0.05, 0.1) is 12.1 Å². The summed E-state index contributed by atoms with van der Waals surface area (Å²) in [7, 11) is -5.00. The van der Waals surface area contributed by atoms with Gasteiger partial charge in [0.2, 0.25) is 0 Å². The summed E-state index contributed by atoms with van der Waals surface area (Å²) in [4.78, 5) is 19.1. The van der Waals surface area contributed by atoms with E-state index in [4.69, 9.17) is 31.9 Å². The van der Waals surface area contributed by atoms with Crippen LogP contribution in [0.5, 0.6) is 0 Å². The highest BCUT2D eigenvalue weighted by atomic mass is 35.5. The third-order valence-corrected chi connectivity index (χ3v) is 7.77. The van der Waals surface area contributed by atoms with Gasteiger partial charge in [-0.15, -0.1) is 0 Å². The van der Waals surface area contributed by atoms with Crippen LogP contribution in [0.4, 0.5) is 0 Å². The molecule has 0 spiro atoms. The lowest BCUT2D eigenvalue weighted by Gasteiger charge is -2.24. The predicted molar refractivity (Wildman–Crippen MR) is 131 cm³/mol. The summed E-state index contributed by atoms with van der Waals surface area (Å²) in [6, 6.07) is 15.8. The van der Waals surface area contributed by atoms with Gasteiger partial charge in [0.15, 0.2) is 0 Å². The van der Waals surface area contributed by atoms with Gasteiger partial charge in [-0.05, 0) is 52.5 Å². The van der Waals surface area contributed by atoms with Crippen LogP contribution in [0.3, 0.4) is 0 Å². The quantitative estimate of drug-likeness (QED) is 0.243. The van der Waals surface area contributed by atoms with Crippen LogP contribution in [0.2, 0.25) is 5.02 Å². The van der Waals surface area contributed by atoms with Gasteiger partial charge in [-0.1, -0.05) is 54.1 Å². The zero-order valence-corrected chi connectivity index (χ0v) is 19.9. The molecule has 3 rings (SSSR count). The van der Waals surface area contributed by atoms with Gasteiger partial charge in [-0.25, -0.2) is 0 Å². The molecule has 0 radical (unpaired) electrons. The summed E-state index contributed by atoms with van der Waals surface area (Å²) in [5, 5.41) is 14.4. The van der Waals surface area contributed by atoms with E-state index in [9.17, 15) is 9.67 Å². The van der Waals surface area contributed by atoms with Crippen LogP contribution < -0.4 is 5.73 Å². The third-order valence-electron chi connectivity index (χ3n) is 5.00. The van der Waals surface area contributed by atoms with Crippen molar-refractivity contribution in [2.45, 2.75) is 29.9 Å². The van der Waals surface area contributed by atoms with E-state index >= 15 is 0 Å². The summed E-state index contributed by atoms with van der Waals surface area (Å²) in [5.74, 6) is 1.57. The molecule has 0 aromatic heterocycles. The number of thiol groups is 1. The molecule has 0 fully saturated rings. The first-order chi connectivity index (χ1) is 15.2. The van der Waals surface area contributed by atoms with Crippen LogP contribution in [0.1, 0.15) is 17.5 Å². The molecular weight excluding hydrogens is 469 g/mol. The van der Waals surface area contributed by atoms with Crippen molar-refractivity contribution in [2.24, 2.45) is 5.73 Å². The molecule has 6 nitrogen and oxygen atoms in total. The third kappa shape index (κ3) is 7.36. The second kappa shape index (κ2) is 10.9. The molecule has 0 amide bonds. The molecule has 1 heterocycles. The number of hydrogen-bond donors (Lipinski definition) is 5. The first-order valence-corrected chi connectivity index (χ1v) is 13.5. The Morgan fingerprint density at radius 3 is 2.59 bits per heavy atom. The topological polar surface area (TPSA) is 113 Å². The highest BCUT2D eigenvalue weighted by Crippen LogP contribution is 2.45. The van der Waals surface area contributed by atoms with Crippen LogP contribution in [-0.4, -0.2) is 27.0 Å². The van der Waals surface area contributed by atoms with Gasteiger partial charge in [-0.3, -0.25) is 4.57 Å². The number of aryl methyl sites for hydroxylation is 1. The zero-order valence-electron chi connectivity index (χ0n) is 17.3. The normalized spacial score (nSPS) is 19.2. The smallest absolute Gasteiger partial charge is 0.348 e. The molecule has 172 valence electrons. The van der Waals surface area contributed by atoms with Gasteiger partial charge >= 0.3 is 7.60 Å². The molecule has 5 N–H and O–H groups in total. The zero-order chi connectivity index (χ0) is 23.2. The lowest BCUT2D eigenvalue weighted by molar-refractivity contribution is 0.212. The van der Waals surface area contributed by atoms with Gasteiger partial charge in [0, 0.05) is 16.2 Å². The molecule has 2 aromatic carbocycles. The minimum Gasteiger partial charge on any atom is -0.488 e. The minimum absolute atomic E-state index is 0.283. The largest absolute Gasteiger partial charge is 0.488 e. The fourth-order valence-electron chi connectivity index (χ4n) is 3.09. The van der Waals surface area contributed by atoms with E-state index in [1.54, 1.807) is 0 Å². The van der Waals surface area contributed by atoms with E-state index in [2.05, 4.69) is 10.8 Å². The fraction of sp³-hybridized carbons (Fsp3) is 0.217. The van der Waals surface area contributed by atoms with Gasteiger partial charge in [0.25, 0.3) is 0 Å². The van der Waals surface area contributed by atoms with E-state index in [0.717, 1.165) is 27.6 Å². The predicted octanol–water partition coefficient (Wildman–Crippen LogP) is 4.60. The molecule has 2 unspecified atom stereocenters. The maximum atomic E-state index is 11.1. The number of aliphatic hydroxyl groups is 1. The number of halogens is 1. The Morgan fingerprint density at radius 1 is 1.19 bits per heavy atom. The average molecular weight is 496 g/mol. The minimum atomic E-state index is -4.35. The van der Waals surface area contributed by atoms with E-state index in [-0.39, 0.29) is 6.42 Å². The Morgan fingerprint density at radius 2 is 1.94 bits per heavy atom. The van der Waals surface area contributed by atoms with Crippen molar-refractivity contribution in [3.8, 4) is 0 Å². The van der Waals surface area contributed by atoms with Crippen LogP contribution >= 0.6 is 30.1 Å². The van der Waals surface area contributed by atoms with Gasteiger partial charge < -0.3 is 25.4 Å². The van der Waals surface area contributed by atoms with Crippen molar-refractivity contribution < 1.29 is 24.2 Å². The highest BCUT2D eigenvalue weighted by molar-refractivity contribution is 8.22.